The first kappa shape index (κ1) is 16.1. The molecule has 25 heavy (non-hydrogen) atoms. The minimum Gasteiger partial charge on any atom is -0.362 e. The van der Waals surface area contributed by atoms with E-state index < -0.39 is 5.66 Å². The van der Waals surface area contributed by atoms with Crippen molar-refractivity contribution in [2.45, 2.75) is 18.5 Å². The lowest BCUT2D eigenvalue weighted by Crippen LogP contribution is -2.62. The Morgan fingerprint density at radius 2 is 2.00 bits per heavy atom. The van der Waals surface area contributed by atoms with E-state index in [-0.39, 0.29) is 11.8 Å². The van der Waals surface area contributed by atoms with Gasteiger partial charge in [-0.2, -0.15) is 0 Å². The van der Waals surface area contributed by atoms with Crippen LogP contribution in [-0.4, -0.2) is 40.5 Å². The molecule has 1 saturated heterocycles. The maximum absolute atomic E-state index is 12.5. The van der Waals surface area contributed by atoms with Crippen molar-refractivity contribution in [1.29, 1.82) is 0 Å². The van der Waals surface area contributed by atoms with Gasteiger partial charge in [0.2, 0.25) is 0 Å². The number of anilines is 1. The van der Waals surface area contributed by atoms with Crippen LogP contribution in [0.2, 0.25) is 0 Å². The van der Waals surface area contributed by atoms with Gasteiger partial charge >= 0.3 is 0 Å². The molecule has 2 aliphatic heterocycles. The molecule has 1 spiro atoms. The van der Waals surface area contributed by atoms with Gasteiger partial charge in [0.25, 0.3) is 11.8 Å². The van der Waals surface area contributed by atoms with Gasteiger partial charge in [-0.25, -0.2) is 0 Å². The molecule has 1 aromatic carbocycles. The molecule has 1 aromatic heterocycles. The summed E-state index contributed by atoms with van der Waals surface area (Å²) in [4.78, 5) is 30.8. The molecule has 0 atom stereocenters. The topological polar surface area (TPSA) is 74.3 Å². The summed E-state index contributed by atoms with van der Waals surface area (Å²) in [6.07, 6.45) is 4.54. The Morgan fingerprint density at radius 3 is 2.72 bits per heavy atom. The van der Waals surface area contributed by atoms with Crippen molar-refractivity contribution in [1.82, 2.24) is 15.2 Å². The fraction of sp³-hybridized carbons (Fsp3) is 0.278. The summed E-state index contributed by atoms with van der Waals surface area (Å²) < 4.78 is 0.871. The molecule has 4 rings (SSSR count). The lowest BCUT2D eigenvalue weighted by molar-refractivity contribution is 0.0639. The van der Waals surface area contributed by atoms with Crippen molar-refractivity contribution >= 4 is 33.4 Å². The highest BCUT2D eigenvalue weighted by atomic mass is 79.9. The summed E-state index contributed by atoms with van der Waals surface area (Å²) in [7, 11) is 0. The highest BCUT2D eigenvalue weighted by Crippen LogP contribution is 2.33. The first-order valence-electron chi connectivity index (χ1n) is 8.16. The smallest absolute Gasteiger partial charge is 0.255 e. The Labute approximate surface area is 153 Å². The highest BCUT2D eigenvalue weighted by Gasteiger charge is 2.41. The van der Waals surface area contributed by atoms with E-state index in [9.17, 15) is 9.59 Å². The van der Waals surface area contributed by atoms with Gasteiger partial charge in [-0.15, -0.1) is 0 Å². The summed E-state index contributed by atoms with van der Waals surface area (Å²) in [5, 5.41) is 6.56. The summed E-state index contributed by atoms with van der Waals surface area (Å²) in [5.41, 5.74) is 1.56. The van der Waals surface area contributed by atoms with Crippen LogP contribution < -0.4 is 10.6 Å². The Hall–Kier alpha value is -2.41. The third-order valence-corrected chi connectivity index (χ3v) is 5.26. The van der Waals surface area contributed by atoms with Gasteiger partial charge in [0, 0.05) is 48.5 Å². The number of fused-ring (bicyclic) bond motifs is 1. The van der Waals surface area contributed by atoms with Crippen LogP contribution in [0.1, 0.15) is 33.6 Å². The molecule has 2 N–H and O–H groups in total. The zero-order chi connectivity index (χ0) is 17.4. The molecule has 0 radical (unpaired) electrons. The van der Waals surface area contributed by atoms with Crippen LogP contribution in [-0.2, 0) is 0 Å². The Balaban J connectivity index is 1.49. The van der Waals surface area contributed by atoms with Gasteiger partial charge in [-0.3, -0.25) is 14.6 Å². The molecular weight excluding hydrogens is 384 g/mol. The molecule has 1 fully saturated rings. The van der Waals surface area contributed by atoms with E-state index >= 15 is 0 Å². The number of pyridine rings is 1. The van der Waals surface area contributed by atoms with E-state index in [0.29, 0.717) is 37.1 Å². The van der Waals surface area contributed by atoms with E-state index in [4.69, 9.17) is 0 Å². The number of rotatable bonds is 1. The average Bonchev–Trinajstić information content (AvgIpc) is 2.63. The van der Waals surface area contributed by atoms with Gasteiger partial charge in [-0.05, 0) is 30.3 Å². The standard InChI is InChI=1S/C18H17BrN4O2/c19-13-3-4-15-14(10-13)16(24)22-18(21-15)5-8-23(9-6-18)17(25)12-2-1-7-20-11-12/h1-4,7,10-11,21H,5-6,8-9H2,(H,22,24). The van der Waals surface area contributed by atoms with Crippen LogP contribution >= 0.6 is 15.9 Å². The number of carbonyl (C=O) groups excluding carboxylic acids is 2. The monoisotopic (exact) mass is 400 g/mol. The summed E-state index contributed by atoms with van der Waals surface area (Å²) in [5.74, 6) is -0.100. The molecule has 0 aliphatic carbocycles. The first-order valence-corrected chi connectivity index (χ1v) is 8.95. The number of aromatic nitrogens is 1. The zero-order valence-corrected chi connectivity index (χ0v) is 15.0. The van der Waals surface area contributed by atoms with Crippen LogP contribution in [0.25, 0.3) is 0 Å². The molecule has 0 saturated carbocycles. The maximum atomic E-state index is 12.5. The summed E-state index contributed by atoms with van der Waals surface area (Å²) >= 11 is 3.39. The van der Waals surface area contributed by atoms with Crippen molar-refractivity contribution < 1.29 is 9.59 Å². The first-order chi connectivity index (χ1) is 12.1. The van der Waals surface area contributed by atoms with Crippen LogP contribution in [0.3, 0.4) is 0 Å². The van der Waals surface area contributed by atoms with E-state index in [0.717, 1.165) is 10.2 Å². The van der Waals surface area contributed by atoms with Crippen LogP contribution in [0.15, 0.2) is 47.2 Å². The van der Waals surface area contributed by atoms with Crippen molar-refractivity contribution in [3.8, 4) is 0 Å². The number of amides is 2. The Morgan fingerprint density at radius 1 is 1.20 bits per heavy atom. The van der Waals surface area contributed by atoms with Crippen LogP contribution in [0.4, 0.5) is 5.69 Å². The Kier molecular flexibility index (Phi) is 3.95. The van der Waals surface area contributed by atoms with Gasteiger partial charge in [-0.1, -0.05) is 15.9 Å². The molecule has 7 heteroatoms. The summed E-state index contributed by atoms with van der Waals surface area (Å²) in [6, 6.07) is 9.17. The highest BCUT2D eigenvalue weighted by molar-refractivity contribution is 9.10. The average molecular weight is 401 g/mol. The SMILES string of the molecule is O=C1NC2(CCN(C(=O)c3cccnc3)CC2)Nc2ccc(Br)cc21. The number of nitrogens with one attached hydrogen (secondary N) is 2. The fourth-order valence-corrected chi connectivity index (χ4v) is 3.76. The number of hydrogen-bond acceptors (Lipinski definition) is 4. The quantitative estimate of drug-likeness (QED) is 0.771. The second-order valence-electron chi connectivity index (χ2n) is 6.39. The molecule has 2 aromatic rings. The molecule has 0 bridgehead atoms. The van der Waals surface area contributed by atoms with Crippen molar-refractivity contribution in [3.05, 3.63) is 58.3 Å². The number of likely N-dealkylation sites (tertiary alicyclic amines) is 1. The second-order valence-corrected chi connectivity index (χ2v) is 7.30. The fourth-order valence-electron chi connectivity index (χ4n) is 3.40. The normalized spacial score (nSPS) is 18.3. The van der Waals surface area contributed by atoms with Crippen molar-refractivity contribution in [3.63, 3.8) is 0 Å². The predicted octanol–water partition coefficient (Wildman–Crippen LogP) is 2.63. The van der Waals surface area contributed by atoms with Crippen LogP contribution in [0.5, 0.6) is 0 Å². The number of piperidine rings is 1. The van der Waals surface area contributed by atoms with Crippen molar-refractivity contribution in [2.24, 2.45) is 0 Å². The summed E-state index contributed by atoms with van der Waals surface area (Å²) in [6.45, 7) is 1.15. The zero-order valence-electron chi connectivity index (χ0n) is 13.5. The molecule has 0 unspecified atom stereocenters. The van der Waals surface area contributed by atoms with Gasteiger partial charge in [0.1, 0.15) is 5.66 Å². The molecule has 2 aliphatic rings. The van der Waals surface area contributed by atoms with Gasteiger partial charge < -0.3 is 15.5 Å². The van der Waals surface area contributed by atoms with E-state index in [1.807, 2.05) is 23.1 Å². The van der Waals surface area contributed by atoms with E-state index in [1.54, 1.807) is 24.5 Å². The van der Waals surface area contributed by atoms with Gasteiger partial charge in [0.05, 0.1) is 11.1 Å². The number of carbonyl (C=O) groups is 2. The lowest BCUT2D eigenvalue weighted by atomic mass is 9.92. The largest absolute Gasteiger partial charge is 0.362 e. The van der Waals surface area contributed by atoms with Crippen LogP contribution in [0, 0.1) is 0 Å². The van der Waals surface area contributed by atoms with E-state index in [2.05, 4.69) is 31.5 Å². The van der Waals surface area contributed by atoms with Gasteiger partial charge in [0.15, 0.2) is 0 Å². The third kappa shape index (κ3) is 3.00. The van der Waals surface area contributed by atoms with Crippen molar-refractivity contribution in [2.75, 3.05) is 18.4 Å². The second kappa shape index (κ2) is 6.15. The number of benzene rings is 1. The Bertz CT molecular complexity index is 832. The number of nitrogens with zero attached hydrogens (tertiary/aromatic N) is 2. The third-order valence-electron chi connectivity index (χ3n) is 4.77. The maximum Gasteiger partial charge on any atom is 0.255 e. The number of hydrogen-bond donors (Lipinski definition) is 2. The molecule has 128 valence electrons. The predicted molar refractivity (Wildman–Crippen MR) is 97.3 cm³/mol. The lowest BCUT2D eigenvalue weighted by Gasteiger charge is -2.45. The molecular formula is C18H17BrN4O2. The minimum atomic E-state index is -0.496. The molecule has 6 nitrogen and oxygen atoms in total. The number of halogens is 1. The minimum absolute atomic E-state index is 0.0191. The van der Waals surface area contributed by atoms with E-state index in [1.165, 1.54) is 0 Å². The molecule has 2 amide bonds. The molecule has 3 heterocycles.